The van der Waals surface area contributed by atoms with Gasteiger partial charge >= 0.3 is 0 Å². The Balaban J connectivity index is 0.00000481. The highest BCUT2D eigenvalue weighted by Gasteiger charge is 2.17. The first-order valence-corrected chi connectivity index (χ1v) is 14.1. The van der Waals surface area contributed by atoms with Crippen molar-refractivity contribution in [1.29, 1.82) is 0 Å². The summed E-state index contributed by atoms with van der Waals surface area (Å²) in [7, 11) is -3.63. The monoisotopic (exact) mass is 544 g/mol. The highest BCUT2D eigenvalue weighted by Crippen LogP contribution is 2.25. The Labute approximate surface area is 227 Å². The molecular weight excluding hydrogens is 508 g/mol. The van der Waals surface area contributed by atoms with Gasteiger partial charge in [0.1, 0.15) is 0 Å². The van der Waals surface area contributed by atoms with Crippen LogP contribution >= 0.6 is 12.4 Å². The number of sulfonamides is 1. The molecule has 3 rings (SSSR count). The molecule has 2 atom stereocenters. The summed E-state index contributed by atoms with van der Waals surface area (Å²) in [5.41, 5.74) is 5.29. The lowest BCUT2D eigenvalue weighted by Crippen LogP contribution is -2.33. The average molecular weight is 545 g/mol. The lowest BCUT2D eigenvalue weighted by Gasteiger charge is -2.20. The standard InChI is InChI=1S/C29H36N2O4S.ClH/c1-20(2)18-26-19-25(14-15-27(26)29(33)31-36(4,34)35)23-12-10-22(11-13-23)16-17-30-21(3)28(32)24-8-6-5-7-9-24;/h5-15,19-21,28,30,32H,16-18H2,1-4H3,(H,31,33);1H/t21-,28-;/m0./s1. The average Bonchev–Trinajstić information content (AvgIpc) is 2.83. The molecule has 8 heteroatoms. The Morgan fingerprint density at radius 2 is 1.54 bits per heavy atom. The van der Waals surface area contributed by atoms with Crippen LogP contribution in [0.1, 0.15) is 53.9 Å². The van der Waals surface area contributed by atoms with Crippen molar-refractivity contribution in [3.05, 3.63) is 95.1 Å². The normalized spacial score (nSPS) is 13.0. The minimum atomic E-state index is -3.63. The third-order valence-electron chi connectivity index (χ3n) is 6.04. The van der Waals surface area contributed by atoms with E-state index in [4.69, 9.17) is 0 Å². The number of amides is 1. The summed E-state index contributed by atoms with van der Waals surface area (Å²) in [6.07, 6.45) is 1.91. The summed E-state index contributed by atoms with van der Waals surface area (Å²) in [6, 6.07) is 23.4. The van der Waals surface area contributed by atoms with Gasteiger partial charge in [-0.2, -0.15) is 0 Å². The van der Waals surface area contributed by atoms with Crippen LogP contribution in [0.3, 0.4) is 0 Å². The Morgan fingerprint density at radius 1 is 0.919 bits per heavy atom. The van der Waals surface area contributed by atoms with Crippen molar-refractivity contribution in [2.24, 2.45) is 5.92 Å². The second-order valence-corrected chi connectivity index (χ2v) is 11.5. The number of rotatable bonds is 11. The summed E-state index contributed by atoms with van der Waals surface area (Å²) in [4.78, 5) is 12.5. The van der Waals surface area contributed by atoms with Crippen LogP contribution in [0.5, 0.6) is 0 Å². The zero-order valence-corrected chi connectivity index (χ0v) is 23.4. The minimum absolute atomic E-state index is 0. The van der Waals surface area contributed by atoms with Gasteiger partial charge in [-0.1, -0.05) is 80.6 Å². The summed E-state index contributed by atoms with van der Waals surface area (Å²) < 4.78 is 25.1. The van der Waals surface area contributed by atoms with Crippen molar-refractivity contribution in [3.8, 4) is 11.1 Å². The van der Waals surface area contributed by atoms with E-state index in [2.05, 4.69) is 48.2 Å². The molecule has 0 unspecified atom stereocenters. The van der Waals surface area contributed by atoms with E-state index in [1.165, 1.54) is 5.56 Å². The fraction of sp³-hybridized carbons (Fsp3) is 0.345. The Kier molecular flexibility index (Phi) is 11.3. The predicted octanol–water partition coefficient (Wildman–Crippen LogP) is 4.92. The zero-order chi connectivity index (χ0) is 26.3. The summed E-state index contributed by atoms with van der Waals surface area (Å²) >= 11 is 0. The van der Waals surface area contributed by atoms with Gasteiger partial charge in [0.15, 0.2) is 0 Å². The molecule has 1 amide bonds. The maximum absolute atomic E-state index is 12.5. The van der Waals surface area contributed by atoms with Crippen LogP contribution in [0.4, 0.5) is 0 Å². The summed E-state index contributed by atoms with van der Waals surface area (Å²) in [5.74, 6) is -0.295. The van der Waals surface area contributed by atoms with E-state index in [-0.39, 0.29) is 18.4 Å². The molecule has 0 aliphatic carbocycles. The van der Waals surface area contributed by atoms with Crippen molar-refractivity contribution in [2.45, 2.75) is 45.8 Å². The molecule has 0 aliphatic heterocycles. The predicted molar refractivity (Wildman–Crippen MR) is 153 cm³/mol. The van der Waals surface area contributed by atoms with E-state index >= 15 is 0 Å². The van der Waals surface area contributed by atoms with Crippen molar-refractivity contribution in [1.82, 2.24) is 10.0 Å². The lowest BCUT2D eigenvalue weighted by atomic mass is 9.93. The molecule has 200 valence electrons. The highest BCUT2D eigenvalue weighted by atomic mass is 35.5. The molecule has 0 radical (unpaired) electrons. The number of aliphatic hydroxyl groups is 1. The smallest absolute Gasteiger partial charge is 0.264 e. The van der Waals surface area contributed by atoms with Gasteiger partial charge in [0.25, 0.3) is 5.91 Å². The zero-order valence-electron chi connectivity index (χ0n) is 21.8. The molecule has 37 heavy (non-hydrogen) atoms. The Hall–Kier alpha value is -2.71. The fourth-order valence-corrected chi connectivity index (χ4v) is 4.63. The van der Waals surface area contributed by atoms with Crippen LogP contribution in [0.15, 0.2) is 72.8 Å². The molecule has 0 spiro atoms. The van der Waals surface area contributed by atoms with E-state index in [9.17, 15) is 18.3 Å². The van der Waals surface area contributed by atoms with Gasteiger partial charge in [-0.25, -0.2) is 13.1 Å². The van der Waals surface area contributed by atoms with Crippen molar-refractivity contribution in [2.75, 3.05) is 12.8 Å². The largest absolute Gasteiger partial charge is 0.387 e. The number of carbonyl (C=O) groups is 1. The van der Waals surface area contributed by atoms with Crippen LogP contribution in [-0.2, 0) is 22.9 Å². The highest BCUT2D eigenvalue weighted by molar-refractivity contribution is 7.89. The molecule has 0 saturated heterocycles. The van der Waals surface area contributed by atoms with Gasteiger partial charge in [-0.3, -0.25) is 4.79 Å². The second-order valence-electron chi connectivity index (χ2n) is 9.72. The maximum Gasteiger partial charge on any atom is 0.264 e. The minimum Gasteiger partial charge on any atom is -0.387 e. The number of halogens is 1. The van der Waals surface area contributed by atoms with Crippen molar-refractivity contribution in [3.63, 3.8) is 0 Å². The molecule has 0 saturated carbocycles. The van der Waals surface area contributed by atoms with Crippen LogP contribution < -0.4 is 10.0 Å². The molecule has 3 aromatic rings. The summed E-state index contributed by atoms with van der Waals surface area (Å²) in [5, 5.41) is 13.9. The maximum atomic E-state index is 12.5. The Morgan fingerprint density at radius 3 is 2.14 bits per heavy atom. The Bertz CT molecular complexity index is 1260. The second kappa shape index (κ2) is 13.7. The molecule has 3 N–H and O–H groups in total. The van der Waals surface area contributed by atoms with E-state index in [0.29, 0.717) is 17.9 Å². The number of nitrogens with one attached hydrogen (secondary N) is 2. The number of benzene rings is 3. The van der Waals surface area contributed by atoms with Crippen LogP contribution in [-0.4, -0.2) is 38.3 Å². The number of hydrogen-bond acceptors (Lipinski definition) is 5. The van der Waals surface area contributed by atoms with E-state index < -0.39 is 22.0 Å². The van der Waals surface area contributed by atoms with Crippen LogP contribution in [0.25, 0.3) is 11.1 Å². The summed E-state index contributed by atoms with van der Waals surface area (Å²) in [6.45, 7) is 6.85. The molecule has 0 aromatic heterocycles. The third kappa shape index (κ3) is 9.27. The van der Waals surface area contributed by atoms with Gasteiger partial charge in [-0.15, -0.1) is 12.4 Å². The topological polar surface area (TPSA) is 95.5 Å². The van der Waals surface area contributed by atoms with Crippen LogP contribution in [0, 0.1) is 5.92 Å². The van der Waals surface area contributed by atoms with Gasteiger partial charge < -0.3 is 10.4 Å². The fourth-order valence-electron chi connectivity index (χ4n) is 4.19. The first-order valence-electron chi connectivity index (χ1n) is 12.2. The van der Waals surface area contributed by atoms with Gasteiger partial charge in [0, 0.05) is 11.6 Å². The molecule has 0 aliphatic rings. The molecule has 3 aromatic carbocycles. The van der Waals surface area contributed by atoms with Gasteiger partial charge in [0.2, 0.25) is 10.0 Å². The van der Waals surface area contributed by atoms with E-state index in [1.54, 1.807) is 6.07 Å². The molecule has 6 nitrogen and oxygen atoms in total. The molecule has 0 heterocycles. The SMILES string of the molecule is CC(C)Cc1cc(-c2ccc(CCN[C@@H](C)[C@H](O)c3ccccc3)cc2)ccc1C(=O)NS(C)(=O)=O.Cl. The van der Waals surface area contributed by atoms with Crippen molar-refractivity contribution >= 4 is 28.3 Å². The number of hydrogen-bond donors (Lipinski definition) is 3. The van der Waals surface area contributed by atoms with Gasteiger partial charge in [0.05, 0.1) is 12.4 Å². The van der Waals surface area contributed by atoms with Crippen molar-refractivity contribution < 1.29 is 18.3 Å². The molecule has 0 fully saturated rings. The van der Waals surface area contributed by atoms with Gasteiger partial charge in [-0.05, 0) is 66.1 Å². The number of carbonyl (C=O) groups excluding carboxylic acids is 1. The van der Waals surface area contributed by atoms with E-state index in [0.717, 1.165) is 41.5 Å². The first kappa shape index (κ1) is 30.5. The number of aliphatic hydroxyl groups excluding tert-OH is 1. The quantitative estimate of drug-likeness (QED) is 0.318. The van der Waals surface area contributed by atoms with Crippen LogP contribution in [0.2, 0.25) is 0 Å². The third-order valence-corrected chi connectivity index (χ3v) is 6.59. The first-order chi connectivity index (χ1) is 17.0. The molecular formula is C29H37ClN2O4S. The van der Waals surface area contributed by atoms with E-state index in [1.807, 2.05) is 49.4 Å². The molecule has 0 bridgehead atoms. The lowest BCUT2D eigenvalue weighted by molar-refractivity contribution is 0.0980.